The quantitative estimate of drug-likeness (QED) is 0.312. The van der Waals surface area contributed by atoms with Crippen LogP contribution in [0, 0.1) is 23.4 Å². The van der Waals surface area contributed by atoms with Crippen molar-refractivity contribution in [1.82, 2.24) is 15.2 Å². The van der Waals surface area contributed by atoms with Gasteiger partial charge in [-0.1, -0.05) is 19.9 Å². The Morgan fingerprint density at radius 1 is 1.18 bits per heavy atom. The second-order valence-corrected chi connectivity index (χ2v) is 10.5. The number of carbonyl (C=O) groups excluding carboxylic acids is 2. The van der Waals surface area contributed by atoms with Crippen LogP contribution in [0.3, 0.4) is 0 Å². The molecule has 2 aromatic rings. The third-order valence-electron chi connectivity index (χ3n) is 5.97. The number of nitrogens with two attached hydrogens (primary N) is 1. The van der Waals surface area contributed by atoms with Gasteiger partial charge >= 0.3 is 5.97 Å². The lowest BCUT2D eigenvalue weighted by atomic mass is 10.0. The summed E-state index contributed by atoms with van der Waals surface area (Å²) in [7, 11) is 0. The molecule has 206 valence electrons. The minimum Gasteiger partial charge on any atom is -0.480 e. The number of halogens is 3. The van der Waals surface area contributed by atoms with E-state index in [0.717, 1.165) is 6.07 Å². The highest BCUT2D eigenvalue weighted by molar-refractivity contribution is 8.00. The largest absolute Gasteiger partial charge is 0.480 e. The van der Waals surface area contributed by atoms with Crippen LogP contribution < -0.4 is 16.4 Å². The van der Waals surface area contributed by atoms with Crippen molar-refractivity contribution in [3.63, 3.8) is 0 Å². The second-order valence-electron chi connectivity index (χ2n) is 9.31. The van der Waals surface area contributed by atoms with Crippen molar-refractivity contribution in [3.05, 3.63) is 59.0 Å². The van der Waals surface area contributed by atoms with E-state index in [0.29, 0.717) is 29.7 Å². The number of carboxylic acid groups (broad SMARTS) is 1. The molecule has 0 saturated carbocycles. The number of nitrogens with zero attached hydrogens (tertiary/aromatic N) is 2. The third kappa shape index (κ3) is 7.60. The van der Waals surface area contributed by atoms with Crippen LogP contribution >= 0.6 is 11.8 Å². The number of rotatable bonds is 11. The molecule has 38 heavy (non-hydrogen) atoms. The summed E-state index contributed by atoms with van der Waals surface area (Å²) >= 11 is 1.29. The van der Waals surface area contributed by atoms with E-state index in [1.807, 2.05) is 0 Å². The van der Waals surface area contributed by atoms with Gasteiger partial charge in [-0.15, -0.1) is 11.8 Å². The van der Waals surface area contributed by atoms with Gasteiger partial charge in [0.05, 0.1) is 0 Å². The third-order valence-corrected chi connectivity index (χ3v) is 7.17. The standard InChI is InChI=1S/C25H30F3N5O4S/c1-13(2)22(25(36)37)32-20-4-3-14(11-30-20)12-31-23(35)24-33(5-6-38-24)21(34)9-16(29)7-15-8-18(27)19(28)10-17(15)26/h3-4,8,10-11,13,16,22,24H,5-7,9,12,29H2,1-2H3,(H,30,32)(H,31,35)(H,36,37). The molecule has 1 saturated heterocycles. The zero-order chi connectivity index (χ0) is 28.0. The number of aliphatic carboxylic acids is 1. The van der Waals surface area contributed by atoms with E-state index in [1.54, 1.807) is 26.0 Å². The molecule has 1 aromatic heterocycles. The van der Waals surface area contributed by atoms with Gasteiger partial charge in [0.15, 0.2) is 17.0 Å². The van der Waals surface area contributed by atoms with Crippen LogP contribution in [0.5, 0.6) is 0 Å². The molecule has 1 aliphatic rings. The molecule has 0 spiro atoms. The van der Waals surface area contributed by atoms with Crippen LogP contribution in [0.15, 0.2) is 30.5 Å². The van der Waals surface area contributed by atoms with Gasteiger partial charge in [0.25, 0.3) is 5.91 Å². The SMILES string of the molecule is CC(C)C(Nc1ccc(CNC(=O)C2SCCN2C(=O)CC(N)Cc2cc(F)c(F)cc2F)cn1)C(=O)O. The molecule has 2 heterocycles. The molecule has 3 atom stereocenters. The topological polar surface area (TPSA) is 138 Å². The summed E-state index contributed by atoms with van der Waals surface area (Å²) in [5.41, 5.74) is 6.53. The first-order valence-electron chi connectivity index (χ1n) is 12.0. The van der Waals surface area contributed by atoms with Crippen molar-refractivity contribution >= 4 is 35.4 Å². The van der Waals surface area contributed by atoms with E-state index >= 15 is 0 Å². The fraction of sp³-hybridized carbons (Fsp3) is 0.440. The Morgan fingerprint density at radius 3 is 2.53 bits per heavy atom. The molecule has 13 heteroatoms. The maximum Gasteiger partial charge on any atom is 0.326 e. The molecule has 1 fully saturated rings. The van der Waals surface area contributed by atoms with E-state index in [-0.39, 0.29) is 36.8 Å². The molecule has 0 aliphatic carbocycles. The highest BCUT2D eigenvalue weighted by Crippen LogP contribution is 2.25. The number of hydrogen-bond acceptors (Lipinski definition) is 7. The predicted octanol–water partition coefficient (Wildman–Crippen LogP) is 2.50. The zero-order valence-electron chi connectivity index (χ0n) is 20.9. The van der Waals surface area contributed by atoms with Crippen LogP contribution in [-0.4, -0.2) is 62.5 Å². The Labute approximate surface area is 222 Å². The van der Waals surface area contributed by atoms with Crippen molar-refractivity contribution in [2.24, 2.45) is 11.7 Å². The summed E-state index contributed by atoms with van der Waals surface area (Å²) in [6.45, 7) is 4.04. The van der Waals surface area contributed by atoms with Gasteiger partial charge in [-0.25, -0.2) is 22.9 Å². The van der Waals surface area contributed by atoms with Crippen LogP contribution in [0.25, 0.3) is 0 Å². The van der Waals surface area contributed by atoms with Crippen LogP contribution in [0.2, 0.25) is 0 Å². The van der Waals surface area contributed by atoms with Gasteiger partial charge in [0.2, 0.25) is 5.91 Å². The molecular weight excluding hydrogens is 523 g/mol. The van der Waals surface area contributed by atoms with E-state index in [4.69, 9.17) is 5.73 Å². The number of benzene rings is 1. The van der Waals surface area contributed by atoms with E-state index < -0.39 is 46.8 Å². The number of nitrogens with one attached hydrogen (secondary N) is 2. The Balaban J connectivity index is 1.52. The fourth-order valence-corrected chi connectivity index (χ4v) is 5.09. The Morgan fingerprint density at radius 2 is 1.89 bits per heavy atom. The van der Waals surface area contributed by atoms with E-state index in [2.05, 4.69) is 15.6 Å². The monoisotopic (exact) mass is 553 g/mol. The zero-order valence-corrected chi connectivity index (χ0v) is 21.7. The summed E-state index contributed by atoms with van der Waals surface area (Å²) < 4.78 is 40.5. The average molecular weight is 554 g/mol. The van der Waals surface area contributed by atoms with Crippen molar-refractivity contribution in [3.8, 4) is 0 Å². The highest BCUT2D eigenvalue weighted by atomic mass is 32.2. The van der Waals surface area contributed by atoms with Gasteiger partial charge in [-0.2, -0.15) is 0 Å². The van der Waals surface area contributed by atoms with E-state index in [1.165, 1.54) is 22.9 Å². The lowest BCUT2D eigenvalue weighted by Gasteiger charge is -2.24. The first-order chi connectivity index (χ1) is 18.0. The number of amides is 2. The normalized spacial score (nSPS) is 16.8. The average Bonchev–Trinajstić information content (AvgIpc) is 3.35. The van der Waals surface area contributed by atoms with Crippen LogP contribution in [0.4, 0.5) is 19.0 Å². The number of thioether (sulfide) groups is 1. The van der Waals surface area contributed by atoms with Crippen molar-refractivity contribution < 1.29 is 32.7 Å². The van der Waals surface area contributed by atoms with Gasteiger partial charge < -0.3 is 26.4 Å². The molecule has 3 unspecified atom stereocenters. The van der Waals surface area contributed by atoms with Crippen LogP contribution in [-0.2, 0) is 27.3 Å². The molecule has 1 aliphatic heterocycles. The lowest BCUT2D eigenvalue weighted by molar-refractivity contribution is -0.139. The number of carboxylic acids is 1. The van der Waals surface area contributed by atoms with Gasteiger partial charge in [-0.3, -0.25) is 9.59 Å². The van der Waals surface area contributed by atoms with Crippen molar-refractivity contribution in [1.29, 1.82) is 0 Å². The second kappa shape index (κ2) is 13.0. The summed E-state index contributed by atoms with van der Waals surface area (Å²) in [5, 5.41) is 14.2. The highest BCUT2D eigenvalue weighted by Gasteiger charge is 2.35. The first kappa shape index (κ1) is 29.2. The predicted molar refractivity (Wildman–Crippen MR) is 137 cm³/mol. The smallest absolute Gasteiger partial charge is 0.326 e. The fourth-order valence-electron chi connectivity index (χ4n) is 3.92. The number of hydrogen-bond donors (Lipinski definition) is 4. The molecule has 9 nitrogen and oxygen atoms in total. The first-order valence-corrected chi connectivity index (χ1v) is 13.0. The van der Waals surface area contributed by atoms with Crippen LogP contribution in [0.1, 0.15) is 31.4 Å². The lowest BCUT2D eigenvalue weighted by Crippen LogP contribution is -2.46. The summed E-state index contributed by atoms with van der Waals surface area (Å²) in [6, 6.07) is 2.84. The van der Waals surface area contributed by atoms with E-state index in [9.17, 15) is 32.7 Å². The molecule has 1 aromatic carbocycles. The number of carbonyl (C=O) groups is 3. The molecule has 5 N–H and O–H groups in total. The maximum atomic E-state index is 13.9. The van der Waals surface area contributed by atoms with Gasteiger partial charge in [-0.05, 0) is 35.6 Å². The maximum absolute atomic E-state index is 13.9. The molecule has 0 bridgehead atoms. The minimum absolute atomic E-state index is 0.133. The van der Waals surface area contributed by atoms with Gasteiger partial charge in [0.1, 0.15) is 17.7 Å². The molecule has 0 radical (unpaired) electrons. The molecule has 3 rings (SSSR count). The Hall–Kier alpha value is -3.32. The number of pyridine rings is 1. The summed E-state index contributed by atoms with van der Waals surface area (Å²) in [4.78, 5) is 42.6. The van der Waals surface area contributed by atoms with Crippen molar-refractivity contribution in [2.45, 2.75) is 50.7 Å². The minimum atomic E-state index is -1.31. The number of aromatic nitrogens is 1. The Kier molecular flexibility index (Phi) is 9.97. The summed E-state index contributed by atoms with van der Waals surface area (Å²) in [6.07, 6.45) is 1.15. The molecular formula is C25H30F3N5O4S. The molecule has 2 amide bonds. The summed E-state index contributed by atoms with van der Waals surface area (Å²) in [5.74, 6) is -4.43. The van der Waals surface area contributed by atoms with Gasteiger partial charge in [0, 0.05) is 43.6 Å². The van der Waals surface area contributed by atoms with Crippen molar-refractivity contribution in [2.75, 3.05) is 17.6 Å². The number of anilines is 1. The Bertz CT molecular complexity index is 1170.